The summed E-state index contributed by atoms with van der Waals surface area (Å²) in [5.74, 6) is -0.826. The second kappa shape index (κ2) is 16.0. The summed E-state index contributed by atoms with van der Waals surface area (Å²) >= 11 is 12.8. The van der Waals surface area contributed by atoms with Crippen molar-refractivity contribution in [2.24, 2.45) is 0 Å². The molecule has 5 rings (SSSR count). The van der Waals surface area contributed by atoms with Crippen LogP contribution in [0.3, 0.4) is 0 Å². The maximum Gasteiger partial charge on any atom is 0.264 e. The van der Waals surface area contributed by atoms with Crippen LogP contribution >= 0.6 is 23.2 Å². The molecular formula is C38H41Cl2N3O4S. The fourth-order valence-electron chi connectivity index (χ4n) is 6.13. The average Bonchev–Trinajstić information content (AvgIpc) is 3.07. The third kappa shape index (κ3) is 8.78. The number of benzene rings is 4. The number of rotatable bonds is 12. The zero-order valence-electron chi connectivity index (χ0n) is 27.2. The van der Waals surface area contributed by atoms with Crippen molar-refractivity contribution < 1.29 is 18.0 Å². The number of halogens is 2. The number of hydrogen-bond donors (Lipinski definition) is 1. The molecule has 0 aliphatic heterocycles. The standard InChI is InChI=1S/C38H41Cl2N3O4S/c1-27-17-21-33(22-18-27)48(46,47)43(35-16-10-9-11-28(35)2)26-37(44)42(25-30-19-20-31(39)24-34(30)40)36(23-29-12-5-3-6-13-29)38(45)41-32-14-7-4-8-15-32/h3,5-6,9-13,16-22,24,32,36H,4,7-8,14-15,23,25-26H2,1-2H3,(H,41,45). The van der Waals surface area contributed by atoms with E-state index >= 15 is 0 Å². The van der Waals surface area contributed by atoms with Crippen molar-refractivity contribution in [3.8, 4) is 0 Å². The number of amides is 2. The summed E-state index contributed by atoms with van der Waals surface area (Å²) in [6, 6.07) is 27.2. The predicted molar refractivity (Wildman–Crippen MR) is 193 cm³/mol. The second-order valence-electron chi connectivity index (χ2n) is 12.4. The smallest absolute Gasteiger partial charge is 0.264 e. The third-order valence-corrected chi connectivity index (χ3v) is 11.2. The zero-order chi connectivity index (χ0) is 34.3. The third-order valence-electron chi connectivity index (χ3n) is 8.85. The Morgan fingerprint density at radius 2 is 1.52 bits per heavy atom. The van der Waals surface area contributed by atoms with Crippen molar-refractivity contribution in [3.05, 3.63) is 129 Å². The van der Waals surface area contributed by atoms with Crippen molar-refractivity contribution in [1.29, 1.82) is 0 Å². The quantitative estimate of drug-likeness (QED) is 0.162. The Labute approximate surface area is 293 Å². The van der Waals surface area contributed by atoms with Gasteiger partial charge in [-0.3, -0.25) is 13.9 Å². The van der Waals surface area contributed by atoms with Crippen LogP contribution in [0.5, 0.6) is 0 Å². The molecule has 7 nitrogen and oxygen atoms in total. The molecule has 48 heavy (non-hydrogen) atoms. The van der Waals surface area contributed by atoms with E-state index in [9.17, 15) is 18.0 Å². The molecule has 0 aromatic heterocycles. The molecule has 0 saturated heterocycles. The number of para-hydroxylation sites is 1. The lowest BCUT2D eigenvalue weighted by Gasteiger charge is -2.35. The van der Waals surface area contributed by atoms with E-state index < -0.39 is 28.5 Å². The minimum absolute atomic E-state index is 0.00553. The van der Waals surface area contributed by atoms with E-state index in [1.807, 2.05) is 43.3 Å². The fraction of sp³-hybridized carbons (Fsp3) is 0.316. The maximum atomic E-state index is 14.8. The van der Waals surface area contributed by atoms with Gasteiger partial charge in [0, 0.05) is 29.1 Å². The zero-order valence-corrected chi connectivity index (χ0v) is 29.6. The number of hydrogen-bond acceptors (Lipinski definition) is 4. The predicted octanol–water partition coefficient (Wildman–Crippen LogP) is 7.89. The van der Waals surface area contributed by atoms with E-state index in [0.29, 0.717) is 26.9 Å². The molecule has 2 amide bonds. The van der Waals surface area contributed by atoms with E-state index in [2.05, 4.69) is 5.32 Å². The Bertz CT molecular complexity index is 1830. The summed E-state index contributed by atoms with van der Waals surface area (Å²) < 4.78 is 29.7. The number of nitrogens with zero attached hydrogens (tertiary/aromatic N) is 2. The van der Waals surface area contributed by atoms with E-state index in [1.165, 1.54) is 4.90 Å². The van der Waals surface area contributed by atoms with Crippen LogP contribution in [0.15, 0.2) is 102 Å². The lowest BCUT2D eigenvalue weighted by Crippen LogP contribution is -2.55. The molecule has 0 spiro atoms. The lowest BCUT2D eigenvalue weighted by atomic mass is 9.94. The molecule has 0 heterocycles. The van der Waals surface area contributed by atoms with E-state index in [1.54, 1.807) is 67.6 Å². The summed E-state index contributed by atoms with van der Waals surface area (Å²) in [5.41, 5.74) is 3.42. The van der Waals surface area contributed by atoms with Crippen LogP contribution in [0.4, 0.5) is 5.69 Å². The number of aryl methyl sites for hydroxylation is 2. The number of nitrogens with one attached hydrogen (secondary N) is 1. The number of anilines is 1. The topological polar surface area (TPSA) is 86.8 Å². The summed E-state index contributed by atoms with van der Waals surface area (Å²) in [5, 5.41) is 4.00. The molecule has 1 aliphatic carbocycles. The molecule has 1 aliphatic rings. The Hall–Kier alpha value is -3.85. The van der Waals surface area contributed by atoms with Crippen LogP contribution in [0, 0.1) is 13.8 Å². The van der Waals surface area contributed by atoms with Crippen LogP contribution in [0.25, 0.3) is 0 Å². The van der Waals surface area contributed by atoms with Gasteiger partial charge in [0.05, 0.1) is 10.6 Å². The van der Waals surface area contributed by atoms with Crippen molar-refractivity contribution in [3.63, 3.8) is 0 Å². The molecule has 0 bridgehead atoms. The van der Waals surface area contributed by atoms with Gasteiger partial charge in [-0.1, -0.05) is 115 Å². The number of carbonyl (C=O) groups is 2. The highest BCUT2D eigenvalue weighted by molar-refractivity contribution is 7.92. The molecule has 1 unspecified atom stereocenters. The Kier molecular flexibility index (Phi) is 11.8. The maximum absolute atomic E-state index is 14.8. The van der Waals surface area contributed by atoms with Crippen LogP contribution < -0.4 is 9.62 Å². The first-order valence-electron chi connectivity index (χ1n) is 16.3. The second-order valence-corrected chi connectivity index (χ2v) is 15.1. The largest absolute Gasteiger partial charge is 0.352 e. The van der Waals surface area contributed by atoms with Gasteiger partial charge in [-0.05, 0) is 73.7 Å². The van der Waals surface area contributed by atoms with Crippen molar-refractivity contribution in [1.82, 2.24) is 10.2 Å². The van der Waals surface area contributed by atoms with Gasteiger partial charge < -0.3 is 10.2 Å². The average molecular weight is 707 g/mol. The first-order valence-corrected chi connectivity index (χ1v) is 18.5. The minimum Gasteiger partial charge on any atom is -0.352 e. The van der Waals surface area contributed by atoms with Gasteiger partial charge in [-0.2, -0.15) is 0 Å². The first kappa shape index (κ1) is 35.5. The molecule has 4 aromatic carbocycles. The van der Waals surface area contributed by atoms with Crippen LogP contribution in [-0.4, -0.2) is 43.8 Å². The number of sulfonamides is 1. The molecular weight excluding hydrogens is 665 g/mol. The Balaban J connectivity index is 1.59. The van der Waals surface area contributed by atoms with E-state index in [-0.39, 0.29) is 29.8 Å². The fourth-order valence-corrected chi connectivity index (χ4v) is 8.07. The van der Waals surface area contributed by atoms with Crippen molar-refractivity contribution in [2.45, 2.75) is 75.9 Å². The Morgan fingerprint density at radius 1 is 0.854 bits per heavy atom. The number of carbonyl (C=O) groups excluding carboxylic acids is 2. The highest BCUT2D eigenvalue weighted by Gasteiger charge is 2.36. The van der Waals surface area contributed by atoms with Crippen LogP contribution in [0.1, 0.15) is 54.4 Å². The molecule has 10 heteroatoms. The molecule has 4 aromatic rings. The Morgan fingerprint density at radius 3 is 2.19 bits per heavy atom. The van der Waals surface area contributed by atoms with E-state index in [0.717, 1.165) is 47.5 Å². The van der Waals surface area contributed by atoms with Crippen LogP contribution in [-0.2, 0) is 32.6 Å². The molecule has 1 saturated carbocycles. The molecule has 1 fully saturated rings. The minimum atomic E-state index is -4.19. The van der Waals surface area contributed by atoms with Gasteiger partial charge in [-0.15, -0.1) is 0 Å². The van der Waals surface area contributed by atoms with Gasteiger partial charge in [0.15, 0.2) is 0 Å². The van der Waals surface area contributed by atoms with E-state index in [4.69, 9.17) is 23.2 Å². The van der Waals surface area contributed by atoms with Crippen LogP contribution in [0.2, 0.25) is 10.0 Å². The molecule has 0 radical (unpaired) electrons. The van der Waals surface area contributed by atoms with Gasteiger partial charge in [0.1, 0.15) is 12.6 Å². The van der Waals surface area contributed by atoms with Gasteiger partial charge in [-0.25, -0.2) is 8.42 Å². The highest BCUT2D eigenvalue weighted by atomic mass is 35.5. The monoisotopic (exact) mass is 705 g/mol. The summed E-state index contributed by atoms with van der Waals surface area (Å²) in [6.07, 6.45) is 5.15. The summed E-state index contributed by atoms with van der Waals surface area (Å²) in [7, 11) is -4.19. The normalized spacial score (nSPS) is 14.2. The lowest BCUT2D eigenvalue weighted by molar-refractivity contribution is -0.140. The summed E-state index contributed by atoms with van der Waals surface area (Å²) in [6.45, 7) is 3.12. The molecule has 252 valence electrons. The van der Waals surface area contributed by atoms with Crippen molar-refractivity contribution >= 4 is 50.7 Å². The summed E-state index contributed by atoms with van der Waals surface area (Å²) in [4.78, 5) is 30.5. The molecule has 1 atom stereocenters. The SMILES string of the molecule is Cc1ccc(S(=O)(=O)N(CC(=O)N(Cc2ccc(Cl)cc2Cl)C(Cc2ccccc2)C(=O)NC2CCCCC2)c2ccccc2C)cc1. The highest BCUT2D eigenvalue weighted by Crippen LogP contribution is 2.29. The first-order chi connectivity index (χ1) is 23.0. The van der Waals surface area contributed by atoms with Crippen molar-refractivity contribution in [2.75, 3.05) is 10.8 Å². The molecule has 1 N–H and O–H groups in total. The van der Waals surface area contributed by atoms with Gasteiger partial charge in [0.25, 0.3) is 10.0 Å². The van der Waals surface area contributed by atoms with Gasteiger partial charge in [0.2, 0.25) is 11.8 Å². The van der Waals surface area contributed by atoms with Gasteiger partial charge >= 0.3 is 0 Å².